The molecule has 3 N–H and O–H groups in total. The number of nitrogens with zero attached hydrogens (tertiary/aromatic N) is 4. The lowest BCUT2D eigenvalue weighted by Crippen LogP contribution is -2.13. The first kappa shape index (κ1) is 20.2. The summed E-state index contributed by atoms with van der Waals surface area (Å²) >= 11 is 6.41. The number of aryl methyl sites for hydroxylation is 1. The molecule has 1 aliphatic carbocycles. The van der Waals surface area contributed by atoms with E-state index in [2.05, 4.69) is 21.4 Å². The normalized spacial score (nSPS) is 13.3. The molecular formula is C23H19ClN6O2. The molecule has 1 aliphatic rings. The first-order valence-corrected chi connectivity index (χ1v) is 10.5. The van der Waals surface area contributed by atoms with E-state index in [-0.39, 0.29) is 18.2 Å². The molecule has 8 nitrogen and oxygen atoms in total. The Morgan fingerprint density at radius 3 is 2.81 bits per heavy atom. The van der Waals surface area contributed by atoms with Crippen LogP contribution in [-0.4, -0.2) is 26.1 Å². The number of ether oxygens (including phenoxy) is 1. The smallest absolute Gasteiger partial charge is 0.272 e. The Kier molecular flexibility index (Phi) is 4.93. The van der Waals surface area contributed by atoms with Gasteiger partial charge in [0.15, 0.2) is 0 Å². The summed E-state index contributed by atoms with van der Waals surface area (Å²) < 4.78 is 7.66. The van der Waals surface area contributed by atoms with Gasteiger partial charge in [0, 0.05) is 41.2 Å². The third-order valence-corrected chi connectivity index (χ3v) is 5.78. The zero-order valence-electron chi connectivity index (χ0n) is 17.2. The van der Waals surface area contributed by atoms with Crippen LogP contribution in [0, 0.1) is 11.3 Å². The van der Waals surface area contributed by atoms with Crippen molar-refractivity contribution in [3.63, 3.8) is 0 Å². The first-order valence-electron chi connectivity index (χ1n) is 10.1. The standard InChI is InChI=1S/C23H19ClN6O2/c1-30-22(17-7-13(24)8-21(18(17)9-25)32-14-3-4-14)19(11-27-30)12-2-5-15-16(6-12)20(10-26)28-29-23(15)31/h2,5-8,11,14H,3-4,10,26H2,1H3,(H,29,31). The average molecular weight is 447 g/mol. The molecule has 0 amide bonds. The summed E-state index contributed by atoms with van der Waals surface area (Å²) in [6.45, 7) is 0.186. The highest BCUT2D eigenvalue weighted by atomic mass is 35.5. The van der Waals surface area contributed by atoms with Crippen LogP contribution in [0.25, 0.3) is 33.2 Å². The number of nitrogens with one attached hydrogen (secondary N) is 1. The fourth-order valence-electron chi connectivity index (χ4n) is 3.85. The third kappa shape index (κ3) is 3.42. The van der Waals surface area contributed by atoms with Gasteiger partial charge in [-0.25, -0.2) is 5.10 Å². The summed E-state index contributed by atoms with van der Waals surface area (Å²) in [5.74, 6) is 0.476. The van der Waals surface area contributed by atoms with Gasteiger partial charge in [-0.15, -0.1) is 0 Å². The van der Waals surface area contributed by atoms with Crippen molar-refractivity contribution in [2.24, 2.45) is 12.8 Å². The summed E-state index contributed by atoms with van der Waals surface area (Å²) in [5, 5.41) is 22.6. The lowest BCUT2D eigenvalue weighted by atomic mass is 9.96. The Balaban J connectivity index is 1.73. The number of hydrogen-bond donors (Lipinski definition) is 2. The molecule has 1 fully saturated rings. The fourth-order valence-corrected chi connectivity index (χ4v) is 4.06. The number of H-pyrrole nitrogens is 1. The van der Waals surface area contributed by atoms with Crippen molar-refractivity contribution in [1.29, 1.82) is 5.26 Å². The van der Waals surface area contributed by atoms with E-state index in [1.54, 1.807) is 36.1 Å². The maximum Gasteiger partial charge on any atom is 0.272 e. The maximum atomic E-state index is 12.2. The van der Waals surface area contributed by atoms with E-state index in [1.165, 1.54) is 0 Å². The van der Waals surface area contributed by atoms with Crippen molar-refractivity contribution >= 4 is 22.4 Å². The number of aromatic nitrogens is 4. The van der Waals surface area contributed by atoms with Crippen LogP contribution in [0.2, 0.25) is 5.02 Å². The SMILES string of the molecule is Cn1ncc(-c2ccc3c(=O)[nH]nc(CN)c3c2)c1-c1cc(Cl)cc(OC2CC2)c1C#N. The number of halogens is 1. The van der Waals surface area contributed by atoms with Gasteiger partial charge < -0.3 is 10.5 Å². The molecule has 2 aromatic heterocycles. The molecule has 0 atom stereocenters. The van der Waals surface area contributed by atoms with Crippen LogP contribution in [-0.2, 0) is 13.6 Å². The van der Waals surface area contributed by atoms with Gasteiger partial charge in [-0.2, -0.15) is 15.5 Å². The topological polar surface area (TPSA) is 123 Å². The molecule has 4 aromatic rings. The van der Waals surface area contributed by atoms with Gasteiger partial charge >= 0.3 is 0 Å². The molecule has 0 spiro atoms. The molecule has 2 aromatic carbocycles. The minimum atomic E-state index is -0.279. The number of benzene rings is 2. The van der Waals surface area contributed by atoms with Crippen LogP contribution < -0.4 is 16.0 Å². The molecule has 0 bridgehead atoms. The lowest BCUT2D eigenvalue weighted by Gasteiger charge is -2.14. The summed E-state index contributed by atoms with van der Waals surface area (Å²) in [5.41, 5.74) is 9.50. The lowest BCUT2D eigenvalue weighted by molar-refractivity contribution is 0.302. The van der Waals surface area contributed by atoms with Crippen LogP contribution in [0.3, 0.4) is 0 Å². The van der Waals surface area contributed by atoms with E-state index >= 15 is 0 Å². The molecule has 160 valence electrons. The summed E-state index contributed by atoms with van der Waals surface area (Å²) in [4.78, 5) is 12.2. The highest BCUT2D eigenvalue weighted by Crippen LogP contribution is 2.40. The van der Waals surface area contributed by atoms with Crippen molar-refractivity contribution in [3.05, 3.63) is 63.2 Å². The number of rotatable bonds is 5. The van der Waals surface area contributed by atoms with E-state index in [9.17, 15) is 10.1 Å². The summed E-state index contributed by atoms with van der Waals surface area (Å²) in [7, 11) is 1.81. The Labute approximate surface area is 188 Å². The molecule has 2 heterocycles. The number of fused-ring (bicyclic) bond motifs is 1. The van der Waals surface area contributed by atoms with Gasteiger partial charge in [-0.1, -0.05) is 17.7 Å². The van der Waals surface area contributed by atoms with Crippen LogP contribution >= 0.6 is 11.6 Å². The van der Waals surface area contributed by atoms with E-state index in [0.717, 1.165) is 29.7 Å². The van der Waals surface area contributed by atoms with Gasteiger partial charge in [-0.05, 0) is 36.6 Å². The van der Waals surface area contributed by atoms with Gasteiger partial charge in [0.05, 0.1) is 29.1 Å². The second kappa shape index (κ2) is 7.79. The van der Waals surface area contributed by atoms with Crippen molar-refractivity contribution < 1.29 is 4.74 Å². The van der Waals surface area contributed by atoms with Crippen LogP contribution in [0.5, 0.6) is 5.75 Å². The highest BCUT2D eigenvalue weighted by Gasteiger charge is 2.27. The summed E-state index contributed by atoms with van der Waals surface area (Å²) in [6.07, 6.45) is 3.79. The molecule has 0 aliphatic heterocycles. The van der Waals surface area contributed by atoms with E-state index < -0.39 is 0 Å². The predicted molar refractivity (Wildman–Crippen MR) is 121 cm³/mol. The molecule has 5 rings (SSSR count). The van der Waals surface area contributed by atoms with Crippen molar-refractivity contribution in [1.82, 2.24) is 20.0 Å². The Bertz CT molecular complexity index is 1460. The zero-order valence-corrected chi connectivity index (χ0v) is 18.0. The maximum absolute atomic E-state index is 12.2. The van der Waals surface area contributed by atoms with Crippen LogP contribution in [0.1, 0.15) is 24.1 Å². The van der Waals surface area contributed by atoms with E-state index in [4.69, 9.17) is 22.1 Å². The van der Waals surface area contributed by atoms with E-state index in [1.807, 2.05) is 12.1 Å². The Morgan fingerprint density at radius 2 is 2.09 bits per heavy atom. The minimum Gasteiger partial charge on any atom is -0.489 e. The van der Waals surface area contributed by atoms with Crippen LogP contribution in [0.4, 0.5) is 0 Å². The second-order valence-corrected chi connectivity index (χ2v) is 8.19. The number of nitrogens with two attached hydrogens (primary N) is 1. The Hall–Kier alpha value is -3.67. The largest absolute Gasteiger partial charge is 0.489 e. The monoisotopic (exact) mass is 446 g/mol. The minimum absolute atomic E-state index is 0.125. The second-order valence-electron chi connectivity index (χ2n) is 7.75. The third-order valence-electron chi connectivity index (χ3n) is 5.56. The van der Waals surface area contributed by atoms with Gasteiger partial charge in [0.25, 0.3) is 5.56 Å². The number of aromatic amines is 1. The van der Waals surface area contributed by atoms with Gasteiger partial charge in [0.2, 0.25) is 0 Å². The Morgan fingerprint density at radius 1 is 1.28 bits per heavy atom. The summed E-state index contributed by atoms with van der Waals surface area (Å²) in [6, 6.07) is 11.2. The highest BCUT2D eigenvalue weighted by molar-refractivity contribution is 6.31. The average Bonchev–Trinajstić information content (AvgIpc) is 3.52. The van der Waals surface area contributed by atoms with Crippen molar-refractivity contribution in [3.8, 4) is 34.2 Å². The van der Waals surface area contributed by atoms with Crippen LogP contribution in [0.15, 0.2) is 41.3 Å². The van der Waals surface area contributed by atoms with Gasteiger partial charge in [-0.3, -0.25) is 9.48 Å². The number of nitriles is 1. The molecule has 0 unspecified atom stereocenters. The molecule has 32 heavy (non-hydrogen) atoms. The molecule has 0 saturated heterocycles. The molecular weight excluding hydrogens is 428 g/mol. The van der Waals surface area contributed by atoms with E-state index in [0.29, 0.717) is 38.4 Å². The van der Waals surface area contributed by atoms with Gasteiger partial charge in [0.1, 0.15) is 17.4 Å². The molecule has 9 heteroatoms. The fraction of sp³-hybridized carbons (Fsp3) is 0.217. The van der Waals surface area contributed by atoms with Crippen molar-refractivity contribution in [2.45, 2.75) is 25.5 Å². The zero-order chi connectivity index (χ0) is 22.4. The number of hydrogen-bond acceptors (Lipinski definition) is 6. The first-order chi connectivity index (χ1) is 15.5. The molecule has 1 saturated carbocycles. The molecule has 0 radical (unpaired) electrons. The predicted octanol–water partition coefficient (Wildman–Crippen LogP) is 3.52. The van der Waals surface area contributed by atoms with Crippen molar-refractivity contribution in [2.75, 3.05) is 0 Å². The quantitative estimate of drug-likeness (QED) is 0.483.